The number of halogens is 2. The smallest absolute Gasteiger partial charge is 0.480 e. The van der Waals surface area contributed by atoms with E-state index in [1.807, 2.05) is 27.7 Å². The molecule has 2 aromatic rings. The van der Waals surface area contributed by atoms with Gasteiger partial charge in [-0.2, -0.15) is 0 Å². The van der Waals surface area contributed by atoms with Crippen LogP contribution < -0.4 is 15.9 Å². The molecule has 1 fully saturated rings. The summed E-state index contributed by atoms with van der Waals surface area (Å²) >= 11 is 5.75. The van der Waals surface area contributed by atoms with Crippen LogP contribution in [-0.2, 0) is 9.31 Å². The first-order valence-corrected chi connectivity index (χ1v) is 8.96. The van der Waals surface area contributed by atoms with Gasteiger partial charge in [0, 0.05) is 17.9 Å². The summed E-state index contributed by atoms with van der Waals surface area (Å²) in [6.07, 6.45) is 2.25. The molecule has 3 heterocycles. The maximum Gasteiger partial charge on any atom is 0.496 e. The van der Waals surface area contributed by atoms with Crippen molar-refractivity contribution in [1.29, 1.82) is 0 Å². The number of ether oxygens (including phenoxy) is 1. The zero-order valence-electron chi connectivity index (χ0n) is 15.9. The molecule has 0 amide bonds. The summed E-state index contributed by atoms with van der Waals surface area (Å²) in [5, 5.41) is 0.215. The number of hydrogen-bond acceptors (Lipinski definition) is 6. The highest BCUT2D eigenvalue weighted by Crippen LogP contribution is 2.37. The molecule has 0 aliphatic carbocycles. The minimum atomic E-state index is -0.695. The summed E-state index contributed by atoms with van der Waals surface area (Å²) in [5.74, 6) is -0.0778. The average molecular weight is 394 g/mol. The van der Waals surface area contributed by atoms with Crippen LogP contribution in [0.2, 0.25) is 5.02 Å². The molecule has 1 aliphatic rings. The standard InChI is InChI=1S/C18H22BClFN3O3/c1-10(15-13(21)7-12(20)9-23-15)25-14-6-11(8-24-16(14)22)19-26-17(2,3)18(4,5)27-19/h6-10H,1-5H3,(H2,22,24)/t10-/m1/s1. The summed E-state index contributed by atoms with van der Waals surface area (Å²) in [4.78, 5) is 8.16. The van der Waals surface area contributed by atoms with Crippen LogP contribution in [0.5, 0.6) is 5.75 Å². The maximum atomic E-state index is 14.1. The van der Waals surface area contributed by atoms with Crippen molar-refractivity contribution < 1.29 is 18.4 Å². The first-order chi connectivity index (χ1) is 12.5. The van der Waals surface area contributed by atoms with Crippen LogP contribution in [0.3, 0.4) is 0 Å². The highest BCUT2D eigenvalue weighted by Gasteiger charge is 2.52. The second-order valence-electron chi connectivity index (χ2n) is 7.52. The molecule has 0 bridgehead atoms. The van der Waals surface area contributed by atoms with Gasteiger partial charge >= 0.3 is 7.12 Å². The molecule has 0 saturated carbocycles. The Morgan fingerprint density at radius 1 is 1.15 bits per heavy atom. The van der Waals surface area contributed by atoms with Crippen molar-refractivity contribution in [3.8, 4) is 5.75 Å². The lowest BCUT2D eigenvalue weighted by Crippen LogP contribution is -2.41. The van der Waals surface area contributed by atoms with Crippen molar-refractivity contribution >= 4 is 30.0 Å². The van der Waals surface area contributed by atoms with Crippen LogP contribution in [0, 0.1) is 5.82 Å². The van der Waals surface area contributed by atoms with Gasteiger partial charge in [0.05, 0.1) is 16.2 Å². The van der Waals surface area contributed by atoms with Crippen molar-refractivity contribution in [3.63, 3.8) is 0 Å². The Kier molecular flexibility index (Phi) is 5.09. The van der Waals surface area contributed by atoms with E-state index in [9.17, 15) is 4.39 Å². The molecule has 3 rings (SSSR count). The SMILES string of the molecule is C[C@@H](Oc1cc(B2OC(C)(C)C(C)(C)O2)cnc1N)c1ncc(Cl)cc1F. The summed E-state index contributed by atoms with van der Waals surface area (Å²) in [6.45, 7) is 9.52. The Morgan fingerprint density at radius 3 is 2.37 bits per heavy atom. The van der Waals surface area contributed by atoms with Crippen LogP contribution >= 0.6 is 11.6 Å². The van der Waals surface area contributed by atoms with E-state index in [-0.39, 0.29) is 16.5 Å². The largest absolute Gasteiger partial charge is 0.496 e. The van der Waals surface area contributed by atoms with Gasteiger partial charge in [0.1, 0.15) is 17.6 Å². The van der Waals surface area contributed by atoms with Gasteiger partial charge in [0.15, 0.2) is 11.6 Å². The molecule has 144 valence electrons. The third kappa shape index (κ3) is 3.88. The van der Waals surface area contributed by atoms with Crippen LogP contribution in [0.15, 0.2) is 24.5 Å². The molecule has 27 heavy (non-hydrogen) atoms. The van der Waals surface area contributed by atoms with Crippen molar-refractivity contribution in [2.24, 2.45) is 0 Å². The maximum absolute atomic E-state index is 14.1. The monoisotopic (exact) mass is 393 g/mol. The summed E-state index contributed by atoms with van der Waals surface area (Å²) in [6, 6.07) is 2.88. The van der Waals surface area contributed by atoms with Gasteiger partial charge in [-0.3, -0.25) is 4.98 Å². The number of nitrogens with two attached hydrogens (primary N) is 1. The van der Waals surface area contributed by atoms with Gasteiger partial charge in [0.2, 0.25) is 0 Å². The molecule has 9 heteroatoms. The number of aromatic nitrogens is 2. The molecule has 6 nitrogen and oxygen atoms in total. The molecule has 0 radical (unpaired) electrons. The Morgan fingerprint density at radius 2 is 1.78 bits per heavy atom. The third-order valence-corrected chi connectivity index (χ3v) is 5.16. The molecule has 0 unspecified atom stereocenters. The predicted octanol–water partition coefficient (Wildman–Crippen LogP) is 3.29. The molecule has 2 aromatic heterocycles. The molecule has 1 atom stereocenters. The fourth-order valence-corrected chi connectivity index (χ4v) is 2.79. The third-order valence-electron chi connectivity index (χ3n) is 4.95. The normalized spacial score (nSPS) is 19.1. The minimum Gasteiger partial charge on any atom is -0.480 e. The quantitative estimate of drug-likeness (QED) is 0.803. The molecule has 0 aromatic carbocycles. The molecule has 1 saturated heterocycles. The number of nitrogen functional groups attached to an aromatic ring is 1. The van der Waals surface area contributed by atoms with Gasteiger partial charge in [0.25, 0.3) is 0 Å². The highest BCUT2D eigenvalue weighted by atomic mass is 35.5. The summed E-state index contributed by atoms with van der Waals surface area (Å²) in [7, 11) is -0.605. The Bertz CT molecular complexity index is 850. The van der Waals surface area contributed by atoms with Crippen molar-refractivity contribution in [2.45, 2.75) is 51.9 Å². The highest BCUT2D eigenvalue weighted by molar-refractivity contribution is 6.62. The van der Waals surface area contributed by atoms with Gasteiger partial charge < -0.3 is 19.8 Å². The van der Waals surface area contributed by atoms with Crippen LogP contribution in [0.25, 0.3) is 0 Å². The van der Waals surface area contributed by atoms with Crippen LogP contribution in [0.1, 0.15) is 46.4 Å². The lowest BCUT2D eigenvalue weighted by Gasteiger charge is -2.32. The fourth-order valence-electron chi connectivity index (χ4n) is 2.64. The van der Waals surface area contributed by atoms with Crippen molar-refractivity contribution in [1.82, 2.24) is 9.97 Å². The second-order valence-corrected chi connectivity index (χ2v) is 7.96. The van der Waals surface area contributed by atoms with Crippen molar-refractivity contribution in [3.05, 3.63) is 41.1 Å². The molecule has 2 N–H and O–H groups in total. The minimum absolute atomic E-state index is 0.125. The van der Waals surface area contributed by atoms with E-state index in [4.69, 9.17) is 31.4 Å². The zero-order valence-corrected chi connectivity index (χ0v) is 16.7. The molecular formula is C18H22BClFN3O3. The summed E-state index contributed by atoms with van der Waals surface area (Å²) < 4.78 is 31.9. The van der Waals surface area contributed by atoms with Gasteiger partial charge in [-0.25, -0.2) is 9.37 Å². The van der Waals surface area contributed by atoms with Gasteiger partial charge in [-0.1, -0.05) is 11.6 Å². The van der Waals surface area contributed by atoms with Gasteiger partial charge in [-0.05, 0) is 46.8 Å². The summed E-state index contributed by atoms with van der Waals surface area (Å²) in [5.41, 5.74) is 5.75. The number of anilines is 1. The first-order valence-electron chi connectivity index (χ1n) is 8.59. The number of nitrogens with zero attached hydrogens (tertiary/aromatic N) is 2. The van der Waals surface area contributed by atoms with E-state index >= 15 is 0 Å². The Labute approximate surface area is 163 Å². The van der Waals surface area contributed by atoms with E-state index in [1.165, 1.54) is 12.3 Å². The van der Waals surface area contributed by atoms with E-state index in [2.05, 4.69) is 9.97 Å². The lowest BCUT2D eigenvalue weighted by molar-refractivity contribution is 0.00578. The zero-order chi connectivity index (χ0) is 20.0. The molecule has 1 aliphatic heterocycles. The topological polar surface area (TPSA) is 79.5 Å². The Hall–Kier alpha value is -1.90. The van der Waals surface area contributed by atoms with E-state index in [1.54, 1.807) is 19.2 Å². The second kappa shape index (κ2) is 6.93. The van der Waals surface area contributed by atoms with E-state index < -0.39 is 30.2 Å². The van der Waals surface area contributed by atoms with Gasteiger partial charge in [-0.15, -0.1) is 0 Å². The van der Waals surface area contributed by atoms with Crippen LogP contribution in [-0.4, -0.2) is 28.3 Å². The average Bonchev–Trinajstić information content (AvgIpc) is 2.77. The predicted molar refractivity (Wildman–Crippen MR) is 103 cm³/mol. The number of hydrogen-bond donors (Lipinski definition) is 1. The number of pyridine rings is 2. The van der Waals surface area contributed by atoms with Crippen molar-refractivity contribution in [2.75, 3.05) is 5.73 Å². The molecular weight excluding hydrogens is 371 g/mol. The fraction of sp³-hybridized carbons (Fsp3) is 0.444. The molecule has 0 spiro atoms. The Balaban J connectivity index is 1.84. The van der Waals surface area contributed by atoms with Crippen LogP contribution in [0.4, 0.5) is 10.2 Å². The number of rotatable bonds is 4. The van der Waals surface area contributed by atoms with E-state index in [0.29, 0.717) is 11.2 Å². The lowest BCUT2D eigenvalue weighted by atomic mass is 9.80. The van der Waals surface area contributed by atoms with E-state index in [0.717, 1.165) is 0 Å². The first kappa shape index (κ1) is 19.9.